The molecule has 2 amide bonds. The molecule has 1 heterocycles. The number of carbonyl (C=O) groups is 1. The highest BCUT2D eigenvalue weighted by Crippen LogP contribution is 2.40. The van der Waals surface area contributed by atoms with Gasteiger partial charge in [-0.2, -0.15) is 0 Å². The van der Waals surface area contributed by atoms with Crippen LogP contribution in [0.15, 0.2) is 30.3 Å². The first-order chi connectivity index (χ1) is 12.6. The number of urea groups is 1. The first-order valence-electron chi connectivity index (χ1n) is 7.88. The summed E-state index contributed by atoms with van der Waals surface area (Å²) in [5, 5.41) is 3.37. The second kappa shape index (κ2) is 7.61. The van der Waals surface area contributed by atoms with Crippen LogP contribution in [0.5, 0.6) is 23.0 Å². The zero-order valence-corrected chi connectivity index (χ0v) is 15.4. The van der Waals surface area contributed by atoms with Crippen LogP contribution in [-0.2, 0) is 0 Å². The molecule has 0 spiro atoms. The molecule has 0 atom stereocenters. The van der Waals surface area contributed by atoms with Crippen LogP contribution in [0, 0.1) is 0 Å². The van der Waals surface area contributed by atoms with E-state index < -0.39 is 0 Å². The van der Waals surface area contributed by atoms with E-state index in [4.69, 9.17) is 30.5 Å². The molecule has 26 heavy (non-hydrogen) atoms. The Kier molecular flexibility index (Phi) is 5.27. The molecule has 1 N–H and O–H groups in total. The summed E-state index contributed by atoms with van der Waals surface area (Å²) in [6.07, 6.45) is 0. The Hall–Kier alpha value is -2.80. The van der Waals surface area contributed by atoms with E-state index in [1.165, 1.54) is 21.3 Å². The first-order valence-corrected chi connectivity index (χ1v) is 8.26. The third-order valence-electron chi connectivity index (χ3n) is 3.95. The van der Waals surface area contributed by atoms with Crippen molar-refractivity contribution in [3.8, 4) is 23.0 Å². The molecule has 0 radical (unpaired) electrons. The fraction of sp³-hybridized carbons (Fsp3) is 0.278. The van der Waals surface area contributed by atoms with Gasteiger partial charge in [0.05, 0.1) is 39.2 Å². The lowest BCUT2D eigenvalue weighted by Crippen LogP contribution is -2.40. The maximum Gasteiger partial charge on any atom is 0.326 e. The molecule has 1 aliphatic heterocycles. The second-order valence-corrected chi connectivity index (χ2v) is 5.89. The van der Waals surface area contributed by atoms with Crippen LogP contribution in [0.3, 0.4) is 0 Å². The Labute approximate surface area is 156 Å². The van der Waals surface area contributed by atoms with Gasteiger partial charge in [0.25, 0.3) is 0 Å². The molecule has 0 unspecified atom stereocenters. The maximum atomic E-state index is 12.8. The number of fused-ring (bicyclic) bond motifs is 1. The van der Waals surface area contributed by atoms with Crippen molar-refractivity contribution in [2.24, 2.45) is 0 Å². The van der Waals surface area contributed by atoms with E-state index in [0.29, 0.717) is 52.5 Å². The Morgan fingerprint density at radius 2 is 1.81 bits per heavy atom. The number of halogens is 1. The highest BCUT2D eigenvalue weighted by atomic mass is 35.5. The largest absolute Gasteiger partial charge is 0.493 e. The number of carbonyl (C=O) groups excluding carboxylic acids is 1. The molecular formula is C18H19ClN2O5. The lowest BCUT2D eigenvalue weighted by atomic mass is 10.2. The van der Waals surface area contributed by atoms with Crippen LogP contribution >= 0.6 is 11.6 Å². The summed E-state index contributed by atoms with van der Waals surface area (Å²) >= 11 is 6.06. The van der Waals surface area contributed by atoms with E-state index >= 15 is 0 Å². The van der Waals surface area contributed by atoms with Gasteiger partial charge in [-0.05, 0) is 18.2 Å². The molecule has 0 saturated heterocycles. The quantitative estimate of drug-likeness (QED) is 0.876. The number of amides is 2. The Balaban J connectivity index is 1.89. The van der Waals surface area contributed by atoms with Crippen LogP contribution in [0.1, 0.15) is 0 Å². The first kappa shape index (κ1) is 18.0. The minimum Gasteiger partial charge on any atom is -0.493 e. The molecule has 3 rings (SSSR count). The molecule has 7 nitrogen and oxygen atoms in total. The summed E-state index contributed by atoms with van der Waals surface area (Å²) < 4.78 is 21.5. The van der Waals surface area contributed by atoms with Crippen LogP contribution < -0.4 is 29.2 Å². The minimum absolute atomic E-state index is 0.314. The monoisotopic (exact) mass is 378 g/mol. The average Bonchev–Trinajstić information content (AvgIpc) is 2.66. The van der Waals surface area contributed by atoms with Gasteiger partial charge in [0.2, 0.25) is 5.75 Å². The minimum atomic E-state index is -0.314. The van der Waals surface area contributed by atoms with Crippen molar-refractivity contribution in [1.82, 2.24) is 0 Å². The lowest BCUT2D eigenvalue weighted by molar-refractivity contribution is 0.250. The number of anilines is 2. The van der Waals surface area contributed by atoms with Gasteiger partial charge in [-0.3, -0.25) is 4.90 Å². The van der Waals surface area contributed by atoms with Gasteiger partial charge < -0.3 is 24.3 Å². The molecule has 0 bridgehead atoms. The number of nitrogens with one attached hydrogen (secondary N) is 1. The molecule has 0 aromatic heterocycles. The molecule has 1 aliphatic rings. The second-order valence-electron chi connectivity index (χ2n) is 5.46. The summed E-state index contributed by atoms with van der Waals surface area (Å²) in [7, 11) is 4.55. The van der Waals surface area contributed by atoms with Gasteiger partial charge in [0, 0.05) is 17.2 Å². The number of methoxy groups -OCH3 is 3. The van der Waals surface area contributed by atoms with E-state index in [1.54, 1.807) is 35.2 Å². The average molecular weight is 379 g/mol. The van der Waals surface area contributed by atoms with Crippen molar-refractivity contribution in [1.29, 1.82) is 0 Å². The zero-order valence-electron chi connectivity index (χ0n) is 14.7. The number of hydrogen-bond acceptors (Lipinski definition) is 5. The van der Waals surface area contributed by atoms with Crippen molar-refractivity contribution in [3.63, 3.8) is 0 Å². The van der Waals surface area contributed by atoms with Gasteiger partial charge >= 0.3 is 6.03 Å². The normalized spacial score (nSPS) is 12.7. The van der Waals surface area contributed by atoms with Crippen molar-refractivity contribution < 1.29 is 23.7 Å². The number of nitrogens with zero attached hydrogens (tertiary/aromatic N) is 1. The smallest absolute Gasteiger partial charge is 0.326 e. The molecule has 2 aromatic rings. The van der Waals surface area contributed by atoms with Crippen LogP contribution in [0.25, 0.3) is 0 Å². The van der Waals surface area contributed by atoms with Crippen LogP contribution in [0.4, 0.5) is 16.2 Å². The summed E-state index contributed by atoms with van der Waals surface area (Å²) in [5.74, 6) is 1.97. The summed E-state index contributed by atoms with van der Waals surface area (Å²) in [6.45, 7) is 0.806. The van der Waals surface area contributed by atoms with E-state index in [1.807, 2.05) is 0 Å². The van der Waals surface area contributed by atoms with Gasteiger partial charge in [0.1, 0.15) is 12.4 Å². The zero-order chi connectivity index (χ0) is 18.7. The molecule has 0 fully saturated rings. The fourth-order valence-corrected chi connectivity index (χ4v) is 2.91. The topological polar surface area (TPSA) is 69.3 Å². The SMILES string of the molecule is COc1cc(NC(=O)N2CCOc3ccc(Cl)cc32)cc(OC)c1OC. The standard InChI is InChI=1S/C18H19ClN2O5/c1-23-15-9-12(10-16(24-2)17(15)25-3)20-18(22)21-6-7-26-14-5-4-11(19)8-13(14)21/h4-5,8-10H,6-7H2,1-3H3,(H,20,22). The highest BCUT2D eigenvalue weighted by molar-refractivity contribution is 6.31. The van der Waals surface area contributed by atoms with Crippen molar-refractivity contribution >= 4 is 29.0 Å². The molecular weight excluding hydrogens is 360 g/mol. The Morgan fingerprint density at radius 1 is 1.12 bits per heavy atom. The number of ether oxygens (including phenoxy) is 4. The Bertz CT molecular complexity index is 802. The van der Waals surface area contributed by atoms with Gasteiger partial charge in [0.15, 0.2) is 11.5 Å². The molecule has 2 aromatic carbocycles. The third kappa shape index (κ3) is 3.43. The van der Waals surface area contributed by atoms with E-state index in [2.05, 4.69) is 5.32 Å². The summed E-state index contributed by atoms with van der Waals surface area (Å²) in [6, 6.07) is 8.19. The van der Waals surface area contributed by atoms with E-state index in [-0.39, 0.29) is 6.03 Å². The van der Waals surface area contributed by atoms with Crippen molar-refractivity contribution in [2.45, 2.75) is 0 Å². The molecule has 138 valence electrons. The van der Waals surface area contributed by atoms with Crippen LogP contribution in [-0.4, -0.2) is 40.5 Å². The number of rotatable bonds is 4. The number of hydrogen-bond donors (Lipinski definition) is 1. The van der Waals surface area contributed by atoms with Gasteiger partial charge in [-0.25, -0.2) is 4.79 Å². The van der Waals surface area contributed by atoms with E-state index in [9.17, 15) is 4.79 Å². The fourth-order valence-electron chi connectivity index (χ4n) is 2.75. The van der Waals surface area contributed by atoms with Crippen LogP contribution in [0.2, 0.25) is 5.02 Å². The summed E-state index contributed by atoms with van der Waals surface area (Å²) in [5.41, 5.74) is 1.13. The molecule has 8 heteroatoms. The predicted molar refractivity (Wildman–Crippen MR) is 99.4 cm³/mol. The highest BCUT2D eigenvalue weighted by Gasteiger charge is 2.25. The summed E-state index contributed by atoms with van der Waals surface area (Å²) in [4.78, 5) is 14.4. The predicted octanol–water partition coefficient (Wildman–Crippen LogP) is 3.80. The third-order valence-corrected chi connectivity index (χ3v) is 4.18. The Morgan fingerprint density at radius 3 is 2.42 bits per heavy atom. The number of benzene rings is 2. The van der Waals surface area contributed by atoms with Crippen molar-refractivity contribution in [2.75, 3.05) is 44.7 Å². The lowest BCUT2D eigenvalue weighted by Gasteiger charge is -2.29. The van der Waals surface area contributed by atoms with Crippen molar-refractivity contribution in [3.05, 3.63) is 35.4 Å². The molecule has 0 aliphatic carbocycles. The molecule has 0 saturated carbocycles. The van der Waals surface area contributed by atoms with Gasteiger partial charge in [-0.15, -0.1) is 0 Å². The van der Waals surface area contributed by atoms with E-state index in [0.717, 1.165) is 0 Å². The maximum absolute atomic E-state index is 12.8. The van der Waals surface area contributed by atoms with Gasteiger partial charge in [-0.1, -0.05) is 11.6 Å².